The molecule has 1 atom stereocenters. The molecule has 2 aromatic rings. The normalized spacial score (nSPS) is 11.4. The highest BCUT2D eigenvalue weighted by atomic mass is 127. The number of hydrogen-bond acceptors (Lipinski definition) is 8. The smallest absolute Gasteiger partial charge is 0.344 e. The molecule has 34 heavy (non-hydrogen) atoms. The lowest BCUT2D eigenvalue weighted by atomic mass is 10.1. The first-order valence-corrected chi connectivity index (χ1v) is 11.3. The fourth-order valence-corrected chi connectivity index (χ4v) is 3.38. The summed E-state index contributed by atoms with van der Waals surface area (Å²) in [5, 5.41) is 6.59. The third-order valence-electron chi connectivity index (χ3n) is 4.42. The van der Waals surface area contributed by atoms with E-state index in [0.717, 1.165) is 0 Å². The largest absolute Gasteiger partial charge is 0.497 e. The number of halogens is 1. The van der Waals surface area contributed by atoms with Gasteiger partial charge in [0.2, 0.25) is 5.91 Å². The van der Waals surface area contributed by atoms with E-state index in [1.165, 1.54) is 20.2 Å². The number of hydrogen-bond donors (Lipinski definition) is 2. The zero-order valence-electron chi connectivity index (χ0n) is 19.2. The monoisotopic (exact) mass is 583 g/mol. The lowest BCUT2D eigenvalue weighted by molar-refractivity contribution is -0.145. The molecule has 0 radical (unpaired) electrons. The molecule has 0 saturated heterocycles. The molecular weight excluding hydrogens is 557 g/mol. The van der Waals surface area contributed by atoms with Crippen LogP contribution in [0.4, 0.5) is 5.69 Å². The fourth-order valence-electron chi connectivity index (χ4n) is 2.60. The molecule has 10 nitrogen and oxygen atoms in total. The SMILES string of the molecule is CCOC(=O)COc1c(I)cc(C=NNC(=O)C(C)C(=O)Nc2ccc(OC)cc2)cc1OC. The number of anilines is 1. The first-order valence-electron chi connectivity index (χ1n) is 10.2. The standard InChI is InChI=1S/C23H26IN3O7/c1-5-33-20(28)13-34-21-18(24)10-15(11-19(21)32-4)12-25-27-23(30)14(2)22(29)26-16-6-8-17(31-3)9-7-16/h6-12,14H,5,13H2,1-4H3,(H,26,29)(H,27,30). The van der Waals surface area contributed by atoms with Crippen LogP contribution in [0.1, 0.15) is 19.4 Å². The average molecular weight is 583 g/mol. The molecule has 0 spiro atoms. The van der Waals surface area contributed by atoms with Crippen LogP contribution in [0.3, 0.4) is 0 Å². The Labute approximate surface area is 211 Å². The Morgan fingerprint density at radius 3 is 2.41 bits per heavy atom. The number of ether oxygens (including phenoxy) is 4. The van der Waals surface area contributed by atoms with Gasteiger partial charge < -0.3 is 24.3 Å². The van der Waals surface area contributed by atoms with Crippen molar-refractivity contribution in [2.45, 2.75) is 13.8 Å². The number of esters is 1. The number of carbonyl (C=O) groups excluding carboxylic acids is 3. The molecular formula is C23H26IN3O7. The summed E-state index contributed by atoms with van der Waals surface area (Å²) in [7, 11) is 3.01. The Hall–Kier alpha value is -3.35. The van der Waals surface area contributed by atoms with Crippen molar-refractivity contribution in [1.82, 2.24) is 5.43 Å². The minimum absolute atomic E-state index is 0.250. The summed E-state index contributed by atoms with van der Waals surface area (Å²) in [6.45, 7) is 3.20. The highest BCUT2D eigenvalue weighted by Crippen LogP contribution is 2.33. The number of hydrazone groups is 1. The van der Waals surface area contributed by atoms with Gasteiger partial charge in [-0.1, -0.05) is 0 Å². The first kappa shape index (κ1) is 26.9. The van der Waals surface area contributed by atoms with Gasteiger partial charge in [-0.05, 0) is 78.4 Å². The quantitative estimate of drug-likeness (QED) is 0.137. The topological polar surface area (TPSA) is 125 Å². The number of nitrogens with zero attached hydrogens (tertiary/aromatic N) is 1. The lowest BCUT2D eigenvalue weighted by Crippen LogP contribution is -2.34. The van der Waals surface area contributed by atoms with Crippen molar-refractivity contribution in [3.05, 3.63) is 45.5 Å². The molecule has 0 saturated carbocycles. The number of rotatable bonds is 11. The Morgan fingerprint density at radius 2 is 1.79 bits per heavy atom. The summed E-state index contributed by atoms with van der Waals surface area (Å²) in [4.78, 5) is 36.2. The fraction of sp³-hybridized carbons (Fsp3) is 0.304. The van der Waals surface area contributed by atoms with E-state index in [9.17, 15) is 14.4 Å². The van der Waals surface area contributed by atoms with Crippen LogP contribution in [0.15, 0.2) is 41.5 Å². The predicted octanol–water partition coefficient (Wildman–Crippen LogP) is 2.98. The van der Waals surface area contributed by atoms with Gasteiger partial charge in [-0.15, -0.1) is 0 Å². The van der Waals surface area contributed by atoms with Crippen LogP contribution in [0, 0.1) is 9.49 Å². The minimum Gasteiger partial charge on any atom is -0.497 e. The van der Waals surface area contributed by atoms with Crippen LogP contribution >= 0.6 is 22.6 Å². The molecule has 0 bridgehead atoms. The average Bonchev–Trinajstić information content (AvgIpc) is 2.83. The van der Waals surface area contributed by atoms with Crippen molar-refractivity contribution < 1.29 is 33.3 Å². The third kappa shape index (κ3) is 7.90. The second-order valence-electron chi connectivity index (χ2n) is 6.80. The van der Waals surface area contributed by atoms with Crippen LogP contribution in [0.2, 0.25) is 0 Å². The van der Waals surface area contributed by atoms with Crippen LogP contribution in [0.25, 0.3) is 0 Å². The van der Waals surface area contributed by atoms with Gasteiger partial charge in [0.05, 0.1) is 30.6 Å². The maximum absolute atomic E-state index is 12.3. The number of methoxy groups -OCH3 is 2. The van der Waals surface area contributed by atoms with Crippen molar-refractivity contribution >= 4 is 52.3 Å². The van der Waals surface area contributed by atoms with Gasteiger partial charge in [0, 0.05) is 5.69 Å². The summed E-state index contributed by atoms with van der Waals surface area (Å²) in [5.74, 6) is -1.08. The van der Waals surface area contributed by atoms with Gasteiger partial charge in [0.15, 0.2) is 18.1 Å². The molecule has 0 heterocycles. The molecule has 2 N–H and O–H groups in total. The zero-order chi connectivity index (χ0) is 25.1. The first-order chi connectivity index (χ1) is 16.3. The van der Waals surface area contributed by atoms with E-state index in [4.69, 9.17) is 18.9 Å². The molecule has 2 aromatic carbocycles. The molecule has 0 aliphatic heterocycles. The summed E-state index contributed by atoms with van der Waals surface area (Å²) < 4.78 is 21.4. The van der Waals surface area contributed by atoms with E-state index in [1.807, 2.05) is 22.6 Å². The zero-order valence-corrected chi connectivity index (χ0v) is 21.4. The second kappa shape index (κ2) is 13.4. The number of amides is 2. The van der Waals surface area contributed by atoms with Gasteiger partial charge in [-0.25, -0.2) is 10.2 Å². The van der Waals surface area contributed by atoms with Crippen molar-refractivity contribution in [1.29, 1.82) is 0 Å². The summed E-state index contributed by atoms with van der Waals surface area (Å²) in [6.07, 6.45) is 1.41. The van der Waals surface area contributed by atoms with Gasteiger partial charge in [-0.3, -0.25) is 9.59 Å². The van der Waals surface area contributed by atoms with Gasteiger partial charge in [0.25, 0.3) is 5.91 Å². The highest BCUT2D eigenvalue weighted by molar-refractivity contribution is 14.1. The van der Waals surface area contributed by atoms with Crippen LogP contribution in [-0.4, -0.2) is 51.4 Å². The summed E-state index contributed by atoms with van der Waals surface area (Å²) in [5.41, 5.74) is 3.51. The van der Waals surface area contributed by atoms with E-state index in [-0.39, 0.29) is 13.2 Å². The molecule has 0 fully saturated rings. The minimum atomic E-state index is -0.979. The van der Waals surface area contributed by atoms with E-state index in [1.54, 1.807) is 50.4 Å². The maximum Gasteiger partial charge on any atom is 0.344 e. The van der Waals surface area contributed by atoms with E-state index >= 15 is 0 Å². The van der Waals surface area contributed by atoms with E-state index in [2.05, 4.69) is 15.8 Å². The Bertz CT molecular complexity index is 1040. The number of nitrogens with one attached hydrogen (secondary N) is 2. The molecule has 11 heteroatoms. The van der Waals surface area contributed by atoms with Gasteiger partial charge >= 0.3 is 5.97 Å². The van der Waals surface area contributed by atoms with Crippen molar-refractivity contribution in [2.75, 3.05) is 32.8 Å². The second-order valence-corrected chi connectivity index (χ2v) is 7.96. The summed E-state index contributed by atoms with van der Waals surface area (Å²) in [6, 6.07) is 10.1. The molecule has 0 aliphatic carbocycles. The molecule has 2 rings (SSSR count). The lowest BCUT2D eigenvalue weighted by Gasteiger charge is -2.13. The van der Waals surface area contributed by atoms with Gasteiger partial charge in [-0.2, -0.15) is 5.10 Å². The Balaban J connectivity index is 1.97. The number of benzene rings is 2. The third-order valence-corrected chi connectivity index (χ3v) is 5.23. The summed E-state index contributed by atoms with van der Waals surface area (Å²) >= 11 is 2.04. The molecule has 1 unspecified atom stereocenters. The van der Waals surface area contributed by atoms with E-state index < -0.39 is 23.7 Å². The van der Waals surface area contributed by atoms with Crippen LogP contribution in [-0.2, 0) is 19.1 Å². The Morgan fingerprint density at radius 1 is 1.09 bits per heavy atom. The van der Waals surface area contributed by atoms with Crippen LogP contribution < -0.4 is 25.0 Å². The molecule has 0 aliphatic rings. The predicted molar refractivity (Wildman–Crippen MR) is 134 cm³/mol. The Kier molecular flexibility index (Phi) is 10.6. The van der Waals surface area contributed by atoms with Gasteiger partial charge in [0.1, 0.15) is 11.7 Å². The van der Waals surface area contributed by atoms with Crippen LogP contribution in [0.5, 0.6) is 17.2 Å². The molecule has 2 amide bonds. The molecule has 182 valence electrons. The van der Waals surface area contributed by atoms with Crippen molar-refractivity contribution in [3.8, 4) is 17.2 Å². The highest BCUT2D eigenvalue weighted by Gasteiger charge is 2.21. The van der Waals surface area contributed by atoms with E-state index in [0.29, 0.717) is 32.1 Å². The van der Waals surface area contributed by atoms with Crippen molar-refractivity contribution in [2.24, 2.45) is 11.0 Å². The molecule has 0 aromatic heterocycles. The maximum atomic E-state index is 12.3. The van der Waals surface area contributed by atoms with Crippen molar-refractivity contribution in [3.63, 3.8) is 0 Å². The number of carbonyl (C=O) groups is 3.